The van der Waals surface area contributed by atoms with Gasteiger partial charge in [-0.2, -0.15) is 0 Å². The monoisotopic (exact) mass is 1120 g/mol. The summed E-state index contributed by atoms with van der Waals surface area (Å²) in [6, 6.07) is 0. The lowest BCUT2D eigenvalue weighted by Crippen LogP contribution is -2.30. The number of allylic oxidation sites excluding steroid dienone is 8. The maximum atomic E-state index is 12.9. The zero-order valence-electron chi connectivity index (χ0n) is 53.9. The Kier molecular flexibility index (Phi) is 66.6. The van der Waals surface area contributed by atoms with E-state index in [0.29, 0.717) is 19.3 Å². The predicted molar refractivity (Wildman–Crippen MR) is 349 cm³/mol. The van der Waals surface area contributed by atoms with Crippen LogP contribution in [0.4, 0.5) is 0 Å². The molecule has 0 bridgehead atoms. The summed E-state index contributed by atoms with van der Waals surface area (Å²) >= 11 is 0. The van der Waals surface area contributed by atoms with Crippen LogP contribution in [0.25, 0.3) is 0 Å². The molecule has 6 heteroatoms. The largest absolute Gasteiger partial charge is 0.462 e. The van der Waals surface area contributed by atoms with E-state index in [0.717, 1.165) is 103 Å². The summed E-state index contributed by atoms with van der Waals surface area (Å²) in [6.07, 6.45) is 87.4. The Bertz CT molecular complexity index is 1380. The van der Waals surface area contributed by atoms with E-state index >= 15 is 0 Å². The minimum atomic E-state index is -0.785. The number of esters is 3. The lowest BCUT2D eigenvalue weighted by molar-refractivity contribution is -0.167. The van der Waals surface area contributed by atoms with E-state index in [1.54, 1.807) is 0 Å². The summed E-state index contributed by atoms with van der Waals surface area (Å²) in [7, 11) is 0. The third-order valence-corrected chi connectivity index (χ3v) is 16.1. The normalized spacial score (nSPS) is 12.3. The molecule has 0 aromatic heterocycles. The third-order valence-electron chi connectivity index (χ3n) is 16.1. The smallest absolute Gasteiger partial charge is 0.306 e. The average molecular weight is 1120 g/mol. The molecule has 0 saturated carbocycles. The van der Waals surface area contributed by atoms with Gasteiger partial charge in [0.25, 0.3) is 0 Å². The van der Waals surface area contributed by atoms with Crippen molar-refractivity contribution in [3.05, 3.63) is 48.6 Å². The van der Waals surface area contributed by atoms with Crippen molar-refractivity contribution >= 4 is 17.9 Å². The standard InChI is InChI=1S/C74H136O6/c1-4-7-10-13-16-19-22-25-28-29-30-31-32-33-34-35-36-37-38-39-40-41-42-43-44-47-49-52-55-58-61-64-67-73(76)79-70-71(80-74(77)68-65-62-59-56-53-50-46-27-24-21-18-15-12-9-6-3)69-78-72(75)66-63-60-57-54-51-48-45-26-23-20-17-14-11-8-5-2/h9,12,18,21,26-27,45-46,71H,4-8,10-11,13-17,19-20,22-25,28-44,47-70H2,1-3H3/b12-9-,21-18-,45-26-,46-27-. The molecule has 0 aliphatic rings. The van der Waals surface area contributed by atoms with Crippen molar-refractivity contribution < 1.29 is 28.6 Å². The second-order valence-corrected chi connectivity index (χ2v) is 24.1. The first kappa shape index (κ1) is 77.4. The van der Waals surface area contributed by atoms with Gasteiger partial charge in [-0.05, 0) is 77.0 Å². The summed E-state index contributed by atoms with van der Waals surface area (Å²) < 4.78 is 16.9. The summed E-state index contributed by atoms with van der Waals surface area (Å²) in [4.78, 5) is 38.4. The summed E-state index contributed by atoms with van der Waals surface area (Å²) in [6.45, 7) is 6.56. The Hall–Kier alpha value is -2.63. The molecule has 0 amide bonds. The topological polar surface area (TPSA) is 78.9 Å². The summed E-state index contributed by atoms with van der Waals surface area (Å²) in [5.41, 5.74) is 0. The van der Waals surface area contributed by atoms with Gasteiger partial charge >= 0.3 is 17.9 Å². The van der Waals surface area contributed by atoms with Crippen molar-refractivity contribution in [1.29, 1.82) is 0 Å². The van der Waals surface area contributed by atoms with Gasteiger partial charge in [0, 0.05) is 19.3 Å². The minimum absolute atomic E-state index is 0.0793. The molecular weight excluding hydrogens is 985 g/mol. The molecule has 6 nitrogen and oxygen atoms in total. The Morgan fingerprint density at radius 2 is 0.487 bits per heavy atom. The molecule has 1 unspecified atom stereocenters. The first-order chi connectivity index (χ1) is 39.5. The Morgan fingerprint density at radius 3 is 0.775 bits per heavy atom. The molecule has 0 spiro atoms. The van der Waals surface area contributed by atoms with Gasteiger partial charge < -0.3 is 14.2 Å². The number of carbonyl (C=O) groups excluding carboxylic acids is 3. The average Bonchev–Trinajstić information content (AvgIpc) is 3.46. The van der Waals surface area contributed by atoms with Crippen LogP contribution >= 0.6 is 0 Å². The Balaban J connectivity index is 4.13. The van der Waals surface area contributed by atoms with Gasteiger partial charge in [0.05, 0.1) is 0 Å². The highest BCUT2D eigenvalue weighted by Gasteiger charge is 2.19. The van der Waals surface area contributed by atoms with Crippen LogP contribution in [0, 0.1) is 0 Å². The van der Waals surface area contributed by atoms with Crippen molar-refractivity contribution in [3.63, 3.8) is 0 Å². The molecule has 0 aliphatic carbocycles. The molecule has 0 aliphatic heterocycles. The van der Waals surface area contributed by atoms with Gasteiger partial charge in [-0.3, -0.25) is 14.4 Å². The van der Waals surface area contributed by atoms with Crippen molar-refractivity contribution in [3.8, 4) is 0 Å². The van der Waals surface area contributed by atoms with E-state index in [9.17, 15) is 14.4 Å². The highest BCUT2D eigenvalue weighted by molar-refractivity contribution is 5.71. The van der Waals surface area contributed by atoms with E-state index in [-0.39, 0.29) is 31.1 Å². The third kappa shape index (κ3) is 66.2. The molecule has 0 radical (unpaired) electrons. The Labute approximate surface area is 498 Å². The van der Waals surface area contributed by atoms with Gasteiger partial charge in [-0.15, -0.1) is 0 Å². The molecule has 0 aromatic carbocycles. The first-order valence-corrected chi connectivity index (χ1v) is 35.6. The quantitative estimate of drug-likeness (QED) is 0.0261. The van der Waals surface area contributed by atoms with Crippen molar-refractivity contribution in [2.75, 3.05) is 13.2 Å². The SMILES string of the molecule is CC/C=C\C/C=C\C/C=C\CCCCCCCC(=O)OC(COC(=O)CCCCCCC/C=C\CCCCCCCC)COC(=O)CCCCCCCCCCCCCCCCCCCCCCCCCCCCCCCCCC. The maximum Gasteiger partial charge on any atom is 0.306 e. The van der Waals surface area contributed by atoms with Gasteiger partial charge in [-0.1, -0.05) is 339 Å². The lowest BCUT2D eigenvalue weighted by atomic mass is 10.0. The molecule has 1 atom stereocenters. The molecule has 0 aromatic rings. The predicted octanol–water partition coefficient (Wildman–Crippen LogP) is 24.5. The molecule has 0 heterocycles. The van der Waals surface area contributed by atoms with Crippen LogP contribution < -0.4 is 0 Å². The summed E-state index contributed by atoms with van der Waals surface area (Å²) in [5, 5.41) is 0. The fraction of sp³-hybridized carbons (Fsp3) is 0.851. The number of unbranched alkanes of at least 4 members (excludes halogenated alkanes) is 47. The van der Waals surface area contributed by atoms with Crippen molar-refractivity contribution in [2.24, 2.45) is 0 Å². The highest BCUT2D eigenvalue weighted by Crippen LogP contribution is 2.19. The fourth-order valence-electron chi connectivity index (χ4n) is 10.8. The van der Waals surface area contributed by atoms with E-state index < -0.39 is 6.10 Å². The molecular formula is C74H136O6. The zero-order valence-corrected chi connectivity index (χ0v) is 53.9. The molecule has 0 N–H and O–H groups in total. The molecule has 0 rings (SSSR count). The van der Waals surface area contributed by atoms with E-state index in [4.69, 9.17) is 14.2 Å². The number of hydrogen-bond acceptors (Lipinski definition) is 6. The number of ether oxygens (including phenoxy) is 3. The molecule has 0 fully saturated rings. The second-order valence-electron chi connectivity index (χ2n) is 24.1. The van der Waals surface area contributed by atoms with Crippen LogP contribution in [0.3, 0.4) is 0 Å². The van der Waals surface area contributed by atoms with E-state index in [1.807, 2.05) is 0 Å². The number of hydrogen-bond donors (Lipinski definition) is 0. The van der Waals surface area contributed by atoms with Crippen LogP contribution in [-0.4, -0.2) is 37.2 Å². The van der Waals surface area contributed by atoms with Crippen LogP contribution in [0.5, 0.6) is 0 Å². The molecule has 0 saturated heterocycles. The van der Waals surface area contributed by atoms with Gasteiger partial charge in [0.15, 0.2) is 6.10 Å². The van der Waals surface area contributed by atoms with Crippen LogP contribution in [-0.2, 0) is 28.6 Å². The molecule has 468 valence electrons. The van der Waals surface area contributed by atoms with Crippen molar-refractivity contribution in [1.82, 2.24) is 0 Å². The highest BCUT2D eigenvalue weighted by atomic mass is 16.6. The van der Waals surface area contributed by atoms with Crippen molar-refractivity contribution in [2.45, 2.75) is 393 Å². The molecule has 80 heavy (non-hydrogen) atoms. The number of rotatable bonds is 66. The Morgan fingerprint density at radius 1 is 0.263 bits per heavy atom. The minimum Gasteiger partial charge on any atom is -0.462 e. The fourth-order valence-corrected chi connectivity index (χ4v) is 10.8. The summed E-state index contributed by atoms with van der Waals surface area (Å²) in [5.74, 6) is -0.883. The van der Waals surface area contributed by atoms with E-state index in [2.05, 4.69) is 69.4 Å². The van der Waals surface area contributed by atoms with Crippen LogP contribution in [0.2, 0.25) is 0 Å². The van der Waals surface area contributed by atoms with Gasteiger partial charge in [0.1, 0.15) is 13.2 Å². The van der Waals surface area contributed by atoms with E-state index in [1.165, 1.54) is 244 Å². The maximum absolute atomic E-state index is 12.9. The first-order valence-electron chi connectivity index (χ1n) is 35.6. The number of carbonyl (C=O) groups is 3. The zero-order chi connectivity index (χ0) is 57.8. The van der Waals surface area contributed by atoms with Crippen LogP contribution in [0.1, 0.15) is 387 Å². The lowest BCUT2D eigenvalue weighted by Gasteiger charge is -2.18. The van der Waals surface area contributed by atoms with Crippen LogP contribution in [0.15, 0.2) is 48.6 Å². The van der Waals surface area contributed by atoms with Gasteiger partial charge in [0.2, 0.25) is 0 Å². The second kappa shape index (κ2) is 68.9. The van der Waals surface area contributed by atoms with Gasteiger partial charge in [-0.25, -0.2) is 0 Å².